The van der Waals surface area contributed by atoms with E-state index >= 15 is 0 Å². The van der Waals surface area contributed by atoms with E-state index in [2.05, 4.69) is 5.32 Å². The maximum absolute atomic E-state index is 13.0. The number of Topliss-reactive ketones (excluding diaryl/α,β-unsaturated/α-hetero) is 1. The lowest BCUT2D eigenvalue weighted by Gasteiger charge is -2.22. The Bertz CT molecular complexity index is 1030. The van der Waals surface area contributed by atoms with E-state index in [1.54, 1.807) is 48.2 Å². The Balaban J connectivity index is 1.49. The van der Waals surface area contributed by atoms with Crippen molar-refractivity contribution in [1.29, 1.82) is 0 Å². The minimum Gasteiger partial charge on any atom is -0.319 e. The van der Waals surface area contributed by atoms with Crippen LogP contribution in [0.3, 0.4) is 0 Å². The van der Waals surface area contributed by atoms with Gasteiger partial charge >= 0.3 is 6.03 Å². The standard InChI is InChI=1S/C23H23N3O4/c1-15-5-9-17(10-6-15)23(2)21(29)26(22(30)24-23)14-19(27)16-7-11-18(12-8-16)25-13-3-4-20(25)28/h5-12H,3-4,13-14H2,1-2H3,(H,24,30)/t23-/m1/s1. The molecule has 2 heterocycles. The van der Waals surface area contributed by atoms with E-state index in [4.69, 9.17) is 0 Å². The summed E-state index contributed by atoms with van der Waals surface area (Å²) in [4.78, 5) is 52.7. The summed E-state index contributed by atoms with van der Waals surface area (Å²) in [6.45, 7) is 3.92. The summed E-state index contributed by atoms with van der Waals surface area (Å²) < 4.78 is 0. The molecule has 2 aromatic carbocycles. The van der Waals surface area contributed by atoms with E-state index in [-0.39, 0.29) is 18.2 Å². The average molecular weight is 405 g/mol. The summed E-state index contributed by atoms with van der Waals surface area (Å²) in [5.41, 5.74) is 1.64. The summed E-state index contributed by atoms with van der Waals surface area (Å²) >= 11 is 0. The number of aryl methyl sites for hydroxylation is 1. The highest BCUT2D eigenvalue weighted by Crippen LogP contribution is 2.29. The Morgan fingerprint density at radius 2 is 1.70 bits per heavy atom. The fraction of sp³-hybridized carbons (Fsp3) is 0.304. The number of benzene rings is 2. The molecule has 0 radical (unpaired) electrons. The Morgan fingerprint density at radius 3 is 2.30 bits per heavy atom. The van der Waals surface area contributed by atoms with Crippen LogP contribution >= 0.6 is 0 Å². The van der Waals surface area contributed by atoms with Crippen LogP contribution < -0.4 is 10.2 Å². The second kappa shape index (κ2) is 7.40. The fourth-order valence-corrected chi connectivity index (χ4v) is 3.91. The molecule has 0 aliphatic carbocycles. The number of urea groups is 1. The number of imide groups is 1. The minimum atomic E-state index is -1.20. The van der Waals surface area contributed by atoms with Crippen molar-refractivity contribution in [1.82, 2.24) is 10.2 Å². The molecule has 2 saturated heterocycles. The monoisotopic (exact) mass is 405 g/mol. The number of nitrogens with zero attached hydrogens (tertiary/aromatic N) is 2. The molecule has 0 spiro atoms. The predicted molar refractivity (Wildman–Crippen MR) is 111 cm³/mol. The van der Waals surface area contributed by atoms with E-state index in [0.29, 0.717) is 24.1 Å². The van der Waals surface area contributed by atoms with Crippen molar-refractivity contribution in [2.75, 3.05) is 18.0 Å². The van der Waals surface area contributed by atoms with Gasteiger partial charge in [0.25, 0.3) is 5.91 Å². The molecule has 4 rings (SSSR count). The van der Waals surface area contributed by atoms with Crippen molar-refractivity contribution in [2.45, 2.75) is 32.2 Å². The summed E-state index contributed by atoms with van der Waals surface area (Å²) in [5.74, 6) is -0.723. The van der Waals surface area contributed by atoms with Crippen LogP contribution in [-0.4, -0.2) is 41.6 Å². The molecule has 154 valence electrons. The second-order valence-electron chi connectivity index (χ2n) is 7.93. The van der Waals surface area contributed by atoms with Gasteiger partial charge in [-0.1, -0.05) is 29.8 Å². The van der Waals surface area contributed by atoms with Crippen LogP contribution in [0.4, 0.5) is 10.5 Å². The number of hydrogen-bond donors (Lipinski definition) is 1. The number of ketones is 1. The van der Waals surface area contributed by atoms with Gasteiger partial charge < -0.3 is 10.2 Å². The number of carbonyl (C=O) groups excluding carboxylic acids is 4. The Labute approximate surface area is 174 Å². The molecule has 0 aromatic heterocycles. The third-order valence-corrected chi connectivity index (χ3v) is 5.78. The van der Waals surface area contributed by atoms with Gasteiger partial charge in [-0.2, -0.15) is 0 Å². The number of carbonyl (C=O) groups is 4. The van der Waals surface area contributed by atoms with Crippen molar-refractivity contribution in [3.05, 3.63) is 65.2 Å². The molecule has 30 heavy (non-hydrogen) atoms. The average Bonchev–Trinajstić information content (AvgIpc) is 3.25. The van der Waals surface area contributed by atoms with Crippen LogP contribution in [0, 0.1) is 6.92 Å². The largest absolute Gasteiger partial charge is 0.325 e. The molecule has 7 heteroatoms. The molecule has 2 fully saturated rings. The van der Waals surface area contributed by atoms with Crippen molar-refractivity contribution in [2.24, 2.45) is 0 Å². The molecule has 7 nitrogen and oxygen atoms in total. The molecule has 0 saturated carbocycles. The maximum Gasteiger partial charge on any atom is 0.325 e. The molecule has 0 unspecified atom stereocenters. The zero-order chi connectivity index (χ0) is 21.5. The third kappa shape index (κ3) is 3.36. The van der Waals surface area contributed by atoms with Gasteiger partial charge in [-0.05, 0) is 50.1 Å². The first-order valence-electron chi connectivity index (χ1n) is 9.94. The first-order valence-corrected chi connectivity index (χ1v) is 9.94. The van der Waals surface area contributed by atoms with Crippen molar-refractivity contribution in [3.8, 4) is 0 Å². The first kappa shape index (κ1) is 19.8. The molecular weight excluding hydrogens is 382 g/mol. The fourth-order valence-electron chi connectivity index (χ4n) is 3.91. The van der Waals surface area contributed by atoms with Gasteiger partial charge in [-0.15, -0.1) is 0 Å². The number of amides is 4. The van der Waals surface area contributed by atoms with Gasteiger partial charge in [0.1, 0.15) is 5.54 Å². The highest BCUT2D eigenvalue weighted by molar-refractivity contribution is 6.11. The first-order chi connectivity index (χ1) is 14.3. The zero-order valence-electron chi connectivity index (χ0n) is 17.0. The maximum atomic E-state index is 13.0. The van der Waals surface area contributed by atoms with E-state index < -0.39 is 17.5 Å². The number of hydrogen-bond acceptors (Lipinski definition) is 4. The lowest BCUT2D eigenvalue weighted by Crippen LogP contribution is -2.41. The number of nitrogens with one attached hydrogen (secondary N) is 1. The molecule has 1 N–H and O–H groups in total. The Hall–Kier alpha value is -3.48. The van der Waals surface area contributed by atoms with Crippen molar-refractivity contribution in [3.63, 3.8) is 0 Å². The molecule has 1 atom stereocenters. The summed E-state index contributed by atoms with van der Waals surface area (Å²) in [6, 6.07) is 13.5. The van der Waals surface area contributed by atoms with Crippen LogP contribution in [0.15, 0.2) is 48.5 Å². The molecular formula is C23H23N3O4. The van der Waals surface area contributed by atoms with Crippen LogP contribution in [0.25, 0.3) is 0 Å². The third-order valence-electron chi connectivity index (χ3n) is 5.78. The quantitative estimate of drug-likeness (QED) is 0.612. The zero-order valence-corrected chi connectivity index (χ0v) is 17.0. The van der Waals surface area contributed by atoms with Crippen LogP contribution in [0.5, 0.6) is 0 Å². The van der Waals surface area contributed by atoms with Gasteiger partial charge in [-0.3, -0.25) is 19.3 Å². The summed E-state index contributed by atoms with van der Waals surface area (Å²) in [6.07, 6.45) is 1.36. The molecule has 0 bridgehead atoms. The summed E-state index contributed by atoms with van der Waals surface area (Å²) in [7, 11) is 0. The van der Waals surface area contributed by atoms with Gasteiger partial charge in [-0.25, -0.2) is 4.79 Å². The Morgan fingerprint density at radius 1 is 1.03 bits per heavy atom. The molecule has 2 aliphatic heterocycles. The van der Waals surface area contributed by atoms with Crippen LogP contribution in [-0.2, 0) is 15.1 Å². The normalized spacial score (nSPS) is 21.3. The van der Waals surface area contributed by atoms with Crippen LogP contribution in [0.2, 0.25) is 0 Å². The highest BCUT2D eigenvalue weighted by atomic mass is 16.2. The van der Waals surface area contributed by atoms with Gasteiger partial charge in [0.05, 0.1) is 6.54 Å². The Kier molecular flexibility index (Phi) is 4.89. The van der Waals surface area contributed by atoms with E-state index in [0.717, 1.165) is 22.6 Å². The second-order valence-corrected chi connectivity index (χ2v) is 7.93. The van der Waals surface area contributed by atoms with Crippen molar-refractivity contribution >= 4 is 29.3 Å². The van der Waals surface area contributed by atoms with E-state index in [1.807, 2.05) is 19.1 Å². The topological polar surface area (TPSA) is 86.8 Å². The molecule has 4 amide bonds. The van der Waals surface area contributed by atoms with Crippen molar-refractivity contribution < 1.29 is 19.2 Å². The number of rotatable bonds is 5. The van der Waals surface area contributed by atoms with Crippen LogP contribution in [0.1, 0.15) is 41.3 Å². The molecule has 2 aromatic rings. The molecule has 2 aliphatic rings. The van der Waals surface area contributed by atoms with Gasteiger partial charge in [0.2, 0.25) is 5.91 Å². The highest BCUT2D eigenvalue weighted by Gasteiger charge is 2.49. The van der Waals surface area contributed by atoms with Gasteiger partial charge in [0, 0.05) is 24.2 Å². The van der Waals surface area contributed by atoms with E-state index in [9.17, 15) is 19.2 Å². The lowest BCUT2D eigenvalue weighted by molar-refractivity contribution is -0.130. The lowest BCUT2D eigenvalue weighted by atomic mass is 9.91. The van der Waals surface area contributed by atoms with Gasteiger partial charge in [0.15, 0.2) is 5.78 Å². The SMILES string of the molecule is Cc1ccc([C@@]2(C)NC(=O)N(CC(=O)c3ccc(N4CCCC4=O)cc3)C2=O)cc1. The summed E-state index contributed by atoms with van der Waals surface area (Å²) in [5, 5.41) is 2.71. The predicted octanol–water partition coefficient (Wildman–Crippen LogP) is 2.77. The number of anilines is 1. The smallest absolute Gasteiger partial charge is 0.319 e. The van der Waals surface area contributed by atoms with E-state index in [1.165, 1.54) is 0 Å². The minimum absolute atomic E-state index is 0.0730.